The highest BCUT2D eigenvalue weighted by atomic mass is 16.5. The number of benzene rings is 2. The van der Waals surface area contributed by atoms with Crippen LogP contribution in [-0.4, -0.2) is 33.9 Å². The normalized spacial score (nSPS) is 11.3. The first-order chi connectivity index (χ1) is 15.9. The zero-order chi connectivity index (χ0) is 24.2. The lowest BCUT2D eigenvalue weighted by molar-refractivity contribution is 0.0549. The third-order valence-electron chi connectivity index (χ3n) is 5.07. The Morgan fingerprint density at radius 1 is 0.818 bits per heavy atom. The fourth-order valence-electron chi connectivity index (χ4n) is 3.21. The number of allylic oxidation sites excluding steroid dienone is 3. The van der Waals surface area contributed by atoms with E-state index in [9.17, 15) is 4.79 Å². The maximum Gasteiger partial charge on any atom is 0.338 e. The van der Waals surface area contributed by atoms with Gasteiger partial charge in [0.25, 0.3) is 0 Å². The van der Waals surface area contributed by atoms with Gasteiger partial charge in [0.05, 0.1) is 26.9 Å². The van der Waals surface area contributed by atoms with Crippen LogP contribution in [0.25, 0.3) is 12.2 Å². The van der Waals surface area contributed by atoms with E-state index < -0.39 is 0 Å². The third-order valence-corrected chi connectivity index (χ3v) is 5.07. The van der Waals surface area contributed by atoms with Crippen molar-refractivity contribution in [3.05, 3.63) is 76.4 Å². The van der Waals surface area contributed by atoms with E-state index >= 15 is 0 Å². The second-order valence-corrected chi connectivity index (χ2v) is 7.85. The van der Waals surface area contributed by atoms with E-state index in [-0.39, 0.29) is 12.6 Å². The predicted octanol–water partition coefficient (Wildman–Crippen LogP) is 6.73. The van der Waals surface area contributed by atoms with Gasteiger partial charge in [0.2, 0.25) is 5.75 Å². The molecule has 0 aromatic heterocycles. The molecule has 2 aromatic rings. The predicted molar refractivity (Wildman–Crippen MR) is 134 cm³/mol. The highest BCUT2D eigenvalue weighted by molar-refractivity contribution is 5.90. The first kappa shape index (κ1) is 25.8. The molecule has 2 rings (SSSR count). The molecule has 5 heteroatoms. The van der Waals surface area contributed by atoms with Gasteiger partial charge in [0.15, 0.2) is 11.5 Å². The number of carbonyl (C=O) groups excluding carboxylic acids is 1. The molecule has 5 nitrogen and oxygen atoms in total. The van der Waals surface area contributed by atoms with Crippen LogP contribution in [0.15, 0.2) is 59.7 Å². The van der Waals surface area contributed by atoms with Gasteiger partial charge in [0.1, 0.15) is 6.61 Å². The lowest BCUT2D eigenvalue weighted by Gasteiger charge is -2.14. The molecule has 0 radical (unpaired) electrons. The van der Waals surface area contributed by atoms with Crippen LogP contribution in [-0.2, 0) is 4.74 Å². The first-order valence-electron chi connectivity index (χ1n) is 10.9. The van der Waals surface area contributed by atoms with Crippen LogP contribution in [0.5, 0.6) is 17.2 Å². The Morgan fingerprint density at radius 3 is 2.12 bits per heavy atom. The Labute approximate surface area is 197 Å². The topological polar surface area (TPSA) is 54.0 Å². The van der Waals surface area contributed by atoms with Crippen molar-refractivity contribution in [1.29, 1.82) is 0 Å². The van der Waals surface area contributed by atoms with E-state index in [1.165, 1.54) is 11.1 Å². The van der Waals surface area contributed by atoms with Crippen molar-refractivity contribution < 1.29 is 23.7 Å². The maximum atomic E-state index is 12.3. The zero-order valence-corrected chi connectivity index (χ0v) is 20.4. The van der Waals surface area contributed by atoms with Crippen LogP contribution >= 0.6 is 0 Å². The van der Waals surface area contributed by atoms with Gasteiger partial charge >= 0.3 is 5.97 Å². The van der Waals surface area contributed by atoms with Gasteiger partial charge in [-0.1, -0.05) is 41.5 Å². The van der Waals surface area contributed by atoms with E-state index in [1.54, 1.807) is 33.5 Å². The monoisotopic (exact) mass is 450 g/mol. The summed E-state index contributed by atoms with van der Waals surface area (Å²) in [6.45, 7) is 6.52. The molecule has 0 bridgehead atoms. The molecule has 0 spiro atoms. The summed E-state index contributed by atoms with van der Waals surface area (Å²) in [5.74, 6) is 1.41. The molecule has 0 N–H and O–H groups in total. The van der Waals surface area contributed by atoms with Gasteiger partial charge in [-0.3, -0.25) is 0 Å². The summed E-state index contributed by atoms with van der Waals surface area (Å²) in [7, 11) is 4.76. The van der Waals surface area contributed by atoms with Crippen molar-refractivity contribution >= 4 is 18.1 Å². The first-order valence-corrected chi connectivity index (χ1v) is 10.9. The molecule has 0 saturated carbocycles. The molecule has 33 heavy (non-hydrogen) atoms. The number of hydrogen-bond donors (Lipinski definition) is 0. The number of hydrogen-bond acceptors (Lipinski definition) is 5. The fraction of sp³-hybridized carbons (Fsp3) is 0.321. The molecule has 0 amide bonds. The molecule has 0 aliphatic heterocycles. The maximum absolute atomic E-state index is 12.3. The standard InChI is InChI=1S/C28H34O5/c1-20(2)8-7-9-21(3)18-19-33-28(29)24-14-11-22(12-15-24)10-13-23-16-17-25(30-4)27(32-6)26(23)31-5/h8,10-18H,7,9,19H2,1-6H3. The van der Waals surface area contributed by atoms with Crippen LogP contribution in [0.3, 0.4) is 0 Å². The summed E-state index contributed by atoms with van der Waals surface area (Å²) in [6.07, 6.45) is 10.0. The molecule has 0 heterocycles. The highest BCUT2D eigenvalue weighted by Gasteiger charge is 2.14. The van der Waals surface area contributed by atoms with Gasteiger partial charge < -0.3 is 18.9 Å². The minimum absolute atomic E-state index is 0.278. The van der Waals surface area contributed by atoms with Crippen molar-refractivity contribution in [3.63, 3.8) is 0 Å². The smallest absolute Gasteiger partial charge is 0.338 e. The molecule has 0 atom stereocenters. The minimum Gasteiger partial charge on any atom is -0.493 e. The molecule has 2 aromatic carbocycles. The summed E-state index contributed by atoms with van der Waals surface area (Å²) >= 11 is 0. The van der Waals surface area contributed by atoms with Crippen LogP contribution in [0.1, 0.15) is 55.1 Å². The highest BCUT2D eigenvalue weighted by Crippen LogP contribution is 2.40. The lowest BCUT2D eigenvalue weighted by atomic mass is 10.1. The van der Waals surface area contributed by atoms with E-state index in [4.69, 9.17) is 18.9 Å². The Kier molecular flexibility index (Phi) is 10.3. The Morgan fingerprint density at radius 2 is 1.52 bits per heavy atom. The number of esters is 1. The Balaban J connectivity index is 1.99. The van der Waals surface area contributed by atoms with Gasteiger partial charge in [-0.05, 0) is 69.5 Å². The van der Waals surface area contributed by atoms with Crippen molar-refractivity contribution in [3.8, 4) is 17.2 Å². The largest absolute Gasteiger partial charge is 0.493 e. The average Bonchev–Trinajstić information content (AvgIpc) is 2.81. The zero-order valence-electron chi connectivity index (χ0n) is 20.4. The third kappa shape index (κ3) is 7.86. The van der Waals surface area contributed by atoms with Crippen LogP contribution in [0.4, 0.5) is 0 Å². The molecule has 0 aliphatic rings. The Bertz CT molecular complexity index is 1010. The average molecular weight is 451 g/mol. The molecular formula is C28H34O5. The van der Waals surface area contributed by atoms with Gasteiger partial charge in [-0.25, -0.2) is 4.79 Å². The quantitative estimate of drug-likeness (QED) is 0.216. The second-order valence-electron chi connectivity index (χ2n) is 7.85. The minimum atomic E-state index is -0.333. The number of ether oxygens (including phenoxy) is 4. The molecule has 0 fully saturated rings. The van der Waals surface area contributed by atoms with Gasteiger partial charge in [0, 0.05) is 5.56 Å². The number of carbonyl (C=O) groups is 1. The van der Waals surface area contributed by atoms with Crippen LogP contribution < -0.4 is 14.2 Å². The second kappa shape index (κ2) is 13.2. The SMILES string of the molecule is COc1ccc(C=Cc2ccc(C(=O)OCC=C(C)CCC=C(C)C)cc2)c(OC)c1OC. The molecular weight excluding hydrogens is 416 g/mol. The summed E-state index contributed by atoms with van der Waals surface area (Å²) < 4.78 is 21.6. The molecule has 0 saturated heterocycles. The molecule has 176 valence electrons. The van der Waals surface area contributed by atoms with Gasteiger partial charge in [-0.15, -0.1) is 0 Å². The van der Waals surface area contributed by atoms with Gasteiger partial charge in [-0.2, -0.15) is 0 Å². The number of methoxy groups -OCH3 is 3. The van der Waals surface area contributed by atoms with E-state index in [2.05, 4.69) is 26.8 Å². The van der Waals surface area contributed by atoms with Crippen LogP contribution in [0, 0.1) is 0 Å². The van der Waals surface area contributed by atoms with E-state index in [0.717, 1.165) is 24.0 Å². The summed E-state index contributed by atoms with van der Waals surface area (Å²) in [5.41, 5.74) is 4.84. The Hall–Kier alpha value is -3.47. The summed E-state index contributed by atoms with van der Waals surface area (Å²) in [4.78, 5) is 12.3. The van der Waals surface area contributed by atoms with Crippen LogP contribution in [0.2, 0.25) is 0 Å². The fourth-order valence-corrected chi connectivity index (χ4v) is 3.21. The van der Waals surface area contributed by atoms with E-state index in [1.807, 2.05) is 42.5 Å². The lowest BCUT2D eigenvalue weighted by Crippen LogP contribution is -2.05. The van der Waals surface area contributed by atoms with Crippen molar-refractivity contribution in [2.24, 2.45) is 0 Å². The van der Waals surface area contributed by atoms with Crippen molar-refractivity contribution in [2.45, 2.75) is 33.6 Å². The van der Waals surface area contributed by atoms with Crippen molar-refractivity contribution in [2.75, 3.05) is 27.9 Å². The summed E-state index contributed by atoms with van der Waals surface area (Å²) in [5, 5.41) is 0. The van der Waals surface area contributed by atoms with E-state index in [0.29, 0.717) is 22.8 Å². The molecule has 0 unspecified atom stereocenters. The van der Waals surface area contributed by atoms with Crippen molar-refractivity contribution in [1.82, 2.24) is 0 Å². The molecule has 0 aliphatic carbocycles. The number of rotatable bonds is 11. The summed E-state index contributed by atoms with van der Waals surface area (Å²) in [6, 6.07) is 11.0.